The van der Waals surface area contributed by atoms with Crippen LogP contribution in [0.15, 0.2) is 12.1 Å². The molecule has 0 atom stereocenters. The van der Waals surface area contributed by atoms with Crippen molar-refractivity contribution in [2.75, 3.05) is 19.0 Å². The third-order valence-corrected chi connectivity index (χ3v) is 4.78. The van der Waals surface area contributed by atoms with Gasteiger partial charge >= 0.3 is 5.97 Å². The first-order chi connectivity index (χ1) is 11.9. The summed E-state index contributed by atoms with van der Waals surface area (Å²) < 4.78 is 18.7. The number of methoxy groups -OCH3 is 1. The highest BCUT2D eigenvalue weighted by atomic mass is 35.5. The monoisotopic (exact) mass is 403 g/mol. The number of rotatable bonds is 5. The number of ether oxygens (including phenoxy) is 1. The molecule has 1 aliphatic carbocycles. The van der Waals surface area contributed by atoms with Crippen LogP contribution in [-0.2, 0) is 4.74 Å². The highest BCUT2D eigenvalue weighted by molar-refractivity contribution is 6.37. The number of hydrogen-bond donors (Lipinski definition) is 1. The fraction of sp³-hybridized carbons (Fsp3) is 0.312. The molecule has 0 spiro atoms. The van der Waals surface area contributed by atoms with E-state index in [1.807, 2.05) is 0 Å². The first kappa shape index (κ1) is 18.2. The zero-order valence-corrected chi connectivity index (χ0v) is 15.3. The number of carbonyl (C=O) groups is 1. The number of halogens is 4. The van der Waals surface area contributed by atoms with Crippen LogP contribution in [0.3, 0.4) is 0 Å². The molecule has 9 heteroatoms. The average molecular weight is 405 g/mol. The molecule has 1 aromatic carbocycles. The Morgan fingerprint density at radius 2 is 2.00 bits per heavy atom. The molecule has 1 heterocycles. The van der Waals surface area contributed by atoms with Gasteiger partial charge in [0.15, 0.2) is 17.3 Å². The van der Waals surface area contributed by atoms with E-state index in [1.54, 1.807) is 0 Å². The lowest BCUT2D eigenvalue weighted by Crippen LogP contribution is -2.13. The average Bonchev–Trinajstić information content (AvgIpc) is 3.43. The molecule has 2 aromatic rings. The van der Waals surface area contributed by atoms with Gasteiger partial charge in [-0.05, 0) is 30.9 Å². The minimum atomic E-state index is -0.786. The molecule has 1 N–H and O–H groups in total. The van der Waals surface area contributed by atoms with Crippen molar-refractivity contribution in [3.05, 3.63) is 38.7 Å². The second kappa shape index (κ2) is 7.32. The van der Waals surface area contributed by atoms with Crippen molar-refractivity contribution in [1.82, 2.24) is 9.97 Å². The Morgan fingerprint density at radius 1 is 1.28 bits per heavy atom. The van der Waals surface area contributed by atoms with Crippen molar-refractivity contribution in [1.29, 1.82) is 0 Å². The van der Waals surface area contributed by atoms with E-state index < -0.39 is 11.8 Å². The van der Waals surface area contributed by atoms with Gasteiger partial charge in [-0.15, -0.1) is 0 Å². The van der Waals surface area contributed by atoms with E-state index in [1.165, 1.54) is 19.2 Å². The van der Waals surface area contributed by atoms with E-state index in [9.17, 15) is 9.18 Å². The maximum Gasteiger partial charge on any atom is 0.358 e. The van der Waals surface area contributed by atoms with Crippen LogP contribution in [0, 0.1) is 11.7 Å². The lowest BCUT2D eigenvalue weighted by Gasteiger charge is -2.13. The Bertz CT molecular complexity index is 844. The van der Waals surface area contributed by atoms with Crippen LogP contribution in [0.5, 0.6) is 0 Å². The molecule has 1 saturated carbocycles. The van der Waals surface area contributed by atoms with Gasteiger partial charge in [-0.3, -0.25) is 0 Å². The Balaban J connectivity index is 2.10. The van der Waals surface area contributed by atoms with Crippen molar-refractivity contribution < 1.29 is 13.9 Å². The highest BCUT2D eigenvalue weighted by Gasteiger charge is 2.25. The largest absolute Gasteiger partial charge is 0.464 e. The summed E-state index contributed by atoms with van der Waals surface area (Å²) in [5, 5.41) is 2.78. The third kappa shape index (κ3) is 3.81. The van der Waals surface area contributed by atoms with Crippen molar-refractivity contribution in [3.63, 3.8) is 0 Å². The topological polar surface area (TPSA) is 64.1 Å². The molecule has 1 aromatic heterocycles. The number of nitrogens with zero attached hydrogens (tertiary/aromatic N) is 2. The van der Waals surface area contributed by atoms with Crippen molar-refractivity contribution in [2.24, 2.45) is 5.92 Å². The zero-order valence-electron chi connectivity index (χ0n) is 13.1. The molecule has 0 bridgehead atoms. The standard InChI is InChI=1S/C16H13Cl3FN3O2/c1-25-16(24)13-11(19)15(21-6-7-2-3-7)23-14(22-13)8-4-5-9(17)12(20)10(8)18/h4-5,7H,2-3,6H2,1H3,(H,21,22,23). The van der Waals surface area contributed by atoms with Crippen LogP contribution in [-0.4, -0.2) is 29.6 Å². The fourth-order valence-corrected chi connectivity index (χ4v) is 2.86. The lowest BCUT2D eigenvalue weighted by atomic mass is 10.2. The number of carbonyl (C=O) groups excluding carboxylic acids is 1. The van der Waals surface area contributed by atoms with E-state index in [4.69, 9.17) is 39.5 Å². The summed E-state index contributed by atoms with van der Waals surface area (Å²) in [5.74, 6) is -0.651. The van der Waals surface area contributed by atoms with E-state index in [0.717, 1.165) is 12.8 Å². The van der Waals surface area contributed by atoms with Gasteiger partial charge in [0, 0.05) is 12.1 Å². The van der Waals surface area contributed by atoms with E-state index in [2.05, 4.69) is 15.3 Å². The van der Waals surface area contributed by atoms with Gasteiger partial charge in [0.05, 0.1) is 17.2 Å². The van der Waals surface area contributed by atoms with E-state index in [0.29, 0.717) is 12.5 Å². The maximum atomic E-state index is 14.0. The van der Waals surface area contributed by atoms with Crippen LogP contribution in [0.1, 0.15) is 23.3 Å². The molecule has 0 amide bonds. The highest BCUT2D eigenvalue weighted by Crippen LogP contribution is 2.35. The number of benzene rings is 1. The molecule has 1 aliphatic rings. The summed E-state index contributed by atoms with van der Waals surface area (Å²) >= 11 is 18.0. The number of hydrogen-bond acceptors (Lipinski definition) is 5. The number of nitrogens with one attached hydrogen (secondary N) is 1. The molecule has 1 fully saturated rings. The molecule has 0 radical (unpaired) electrons. The van der Waals surface area contributed by atoms with Crippen molar-refractivity contribution in [3.8, 4) is 11.4 Å². The van der Waals surface area contributed by atoms with Crippen LogP contribution in [0.2, 0.25) is 15.1 Å². The summed E-state index contributed by atoms with van der Waals surface area (Å²) in [5.41, 5.74) is 0.0683. The van der Waals surface area contributed by atoms with Crippen LogP contribution in [0.25, 0.3) is 11.4 Å². The summed E-state index contributed by atoms with van der Waals surface area (Å²) in [4.78, 5) is 20.4. The fourth-order valence-electron chi connectivity index (χ4n) is 2.18. The molecule has 132 valence electrons. The van der Waals surface area contributed by atoms with Crippen molar-refractivity contribution >= 4 is 46.6 Å². The number of anilines is 1. The minimum Gasteiger partial charge on any atom is -0.464 e. The second-order valence-electron chi connectivity index (χ2n) is 5.60. The number of aromatic nitrogens is 2. The third-order valence-electron chi connectivity index (χ3n) is 3.76. The summed E-state index contributed by atoms with van der Waals surface area (Å²) in [7, 11) is 1.21. The molecular formula is C16H13Cl3FN3O2. The lowest BCUT2D eigenvalue weighted by molar-refractivity contribution is 0.0594. The Kier molecular flexibility index (Phi) is 5.32. The minimum absolute atomic E-state index is 0.0433. The molecule has 3 rings (SSSR count). The molecular weight excluding hydrogens is 392 g/mol. The van der Waals surface area contributed by atoms with Crippen molar-refractivity contribution in [2.45, 2.75) is 12.8 Å². The Labute approximate surface area is 158 Å². The first-order valence-electron chi connectivity index (χ1n) is 7.46. The van der Waals surface area contributed by atoms with Gasteiger partial charge in [0.1, 0.15) is 10.8 Å². The maximum absolute atomic E-state index is 14.0. The number of esters is 1. The quantitative estimate of drug-likeness (QED) is 0.570. The molecule has 0 unspecified atom stereocenters. The zero-order chi connectivity index (χ0) is 18.1. The predicted molar refractivity (Wildman–Crippen MR) is 95.0 cm³/mol. The van der Waals surface area contributed by atoms with Gasteiger partial charge in [-0.25, -0.2) is 19.2 Å². The Morgan fingerprint density at radius 3 is 2.64 bits per heavy atom. The summed E-state index contributed by atoms with van der Waals surface area (Å²) in [6.45, 7) is 0.666. The van der Waals surface area contributed by atoms with Crippen LogP contribution >= 0.6 is 34.8 Å². The van der Waals surface area contributed by atoms with Gasteiger partial charge in [-0.1, -0.05) is 34.8 Å². The Hall–Kier alpha value is -1.63. The van der Waals surface area contributed by atoms with Gasteiger partial charge < -0.3 is 10.1 Å². The molecule has 5 nitrogen and oxygen atoms in total. The second-order valence-corrected chi connectivity index (χ2v) is 6.76. The molecule has 25 heavy (non-hydrogen) atoms. The first-order valence-corrected chi connectivity index (χ1v) is 8.59. The van der Waals surface area contributed by atoms with Gasteiger partial charge in [-0.2, -0.15) is 0 Å². The molecule has 0 saturated heterocycles. The molecule has 0 aliphatic heterocycles. The summed E-state index contributed by atoms with van der Waals surface area (Å²) in [6, 6.07) is 2.81. The van der Waals surface area contributed by atoms with Gasteiger partial charge in [0.25, 0.3) is 0 Å². The normalized spacial score (nSPS) is 13.6. The predicted octanol–water partition coefficient (Wildman–Crippen LogP) is 4.85. The van der Waals surface area contributed by atoms with Crippen LogP contribution in [0.4, 0.5) is 10.2 Å². The smallest absolute Gasteiger partial charge is 0.358 e. The SMILES string of the molecule is COC(=O)c1nc(-c2ccc(Cl)c(F)c2Cl)nc(NCC2CC2)c1Cl. The van der Waals surface area contributed by atoms with Gasteiger partial charge in [0.2, 0.25) is 0 Å². The summed E-state index contributed by atoms with van der Waals surface area (Å²) in [6.07, 6.45) is 2.25. The van der Waals surface area contributed by atoms with E-state index in [-0.39, 0.29) is 38.0 Å². The van der Waals surface area contributed by atoms with Crippen LogP contribution < -0.4 is 5.32 Å². The van der Waals surface area contributed by atoms with E-state index >= 15 is 0 Å².